The number of rotatable bonds is 57. The molecule has 0 N–H and O–H groups in total. The Morgan fingerprint density at radius 2 is 0.520 bits per heavy atom. The average Bonchev–Trinajstić information content (AvgIpc) is 3.41. The lowest BCUT2D eigenvalue weighted by molar-refractivity contribution is -0.167. The molecule has 0 aromatic carbocycles. The highest BCUT2D eigenvalue weighted by atomic mass is 16.6. The summed E-state index contributed by atoms with van der Waals surface area (Å²) in [6.45, 7) is 6.50. The Kier molecular flexibility index (Phi) is 59.8. The van der Waals surface area contributed by atoms with Gasteiger partial charge in [0.1, 0.15) is 13.2 Å². The fourth-order valence-electron chi connectivity index (χ4n) is 8.83. The molecule has 0 aliphatic rings. The van der Waals surface area contributed by atoms with E-state index in [9.17, 15) is 14.4 Å². The van der Waals surface area contributed by atoms with Crippen molar-refractivity contribution in [3.63, 3.8) is 0 Å². The van der Waals surface area contributed by atoms with Gasteiger partial charge in [-0.2, -0.15) is 0 Å². The zero-order chi connectivity index (χ0) is 54.3. The smallest absolute Gasteiger partial charge is 0.306 e. The molecule has 0 aliphatic carbocycles. The van der Waals surface area contributed by atoms with Gasteiger partial charge in [0.25, 0.3) is 0 Å². The van der Waals surface area contributed by atoms with Gasteiger partial charge in [-0.05, 0) is 103 Å². The predicted octanol–water partition coefficient (Wildman–Crippen LogP) is 21.7. The highest BCUT2D eigenvalue weighted by molar-refractivity contribution is 5.71. The van der Waals surface area contributed by atoms with Gasteiger partial charge in [0.15, 0.2) is 6.10 Å². The van der Waals surface area contributed by atoms with Crippen LogP contribution in [-0.4, -0.2) is 37.2 Å². The Bertz CT molecular complexity index is 1480. The first-order valence-corrected chi connectivity index (χ1v) is 31.7. The summed E-state index contributed by atoms with van der Waals surface area (Å²) in [5.41, 5.74) is 0. The van der Waals surface area contributed by atoms with E-state index in [4.69, 9.17) is 14.2 Å². The van der Waals surface area contributed by atoms with Crippen LogP contribution in [0, 0.1) is 0 Å². The van der Waals surface area contributed by atoms with E-state index in [0.717, 1.165) is 103 Å². The molecule has 0 aromatic rings. The van der Waals surface area contributed by atoms with E-state index in [1.165, 1.54) is 161 Å². The van der Waals surface area contributed by atoms with Gasteiger partial charge in [0.2, 0.25) is 0 Å². The summed E-state index contributed by atoms with van der Waals surface area (Å²) < 4.78 is 16.9. The SMILES string of the molecule is CC/C=C\C/C=C\C/C=C\C/C=C\C/C=C\C/C=C\CCCCCCCCCCCCC(=O)OCC(COC(=O)CCCCCCCCCCC)OC(=O)CCCCCCCCCCC/C=C\C/C=C\CCCCC. The zero-order valence-electron chi connectivity index (χ0n) is 49.3. The summed E-state index contributed by atoms with van der Waals surface area (Å²) in [6.07, 6.45) is 84.2. The van der Waals surface area contributed by atoms with Gasteiger partial charge in [0.05, 0.1) is 0 Å². The van der Waals surface area contributed by atoms with E-state index in [0.29, 0.717) is 19.3 Å². The van der Waals surface area contributed by atoms with Crippen molar-refractivity contribution in [2.24, 2.45) is 0 Å². The molecular weight excluding hydrogens is 925 g/mol. The predicted molar refractivity (Wildman–Crippen MR) is 325 cm³/mol. The number of ether oxygens (including phenoxy) is 3. The molecule has 430 valence electrons. The van der Waals surface area contributed by atoms with Gasteiger partial charge < -0.3 is 14.2 Å². The topological polar surface area (TPSA) is 78.9 Å². The average molecular weight is 1040 g/mol. The van der Waals surface area contributed by atoms with Gasteiger partial charge >= 0.3 is 17.9 Å². The van der Waals surface area contributed by atoms with Crippen LogP contribution in [0.25, 0.3) is 0 Å². The minimum Gasteiger partial charge on any atom is -0.462 e. The van der Waals surface area contributed by atoms with Crippen molar-refractivity contribution in [1.82, 2.24) is 0 Å². The van der Waals surface area contributed by atoms with Crippen LogP contribution >= 0.6 is 0 Å². The van der Waals surface area contributed by atoms with Crippen LogP contribution in [0.2, 0.25) is 0 Å². The van der Waals surface area contributed by atoms with Crippen LogP contribution in [-0.2, 0) is 28.6 Å². The molecule has 0 aliphatic heterocycles. The van der Waals surface area contributed by atoms with Crippen molar-refractivity contribution in [2.75, 3.05) is 13.2 Å². The molecule has 0 fully saturated rings. The standard InChI is InChI=1S/C69H118O6/c1-4-7-10-13-16-19-21-23-25-27-29-30-31-32-33-34-35-36-37-38-40-41-43-45-47-50-53-56-59-62-68(71)74-65-66(64-73-67(70)61-58-55-52-49-18-15-12-9-6-3)75-69(72)63-60-57-54-51-48-46-44-42-39-28-26-24-22-20-17-14-11-8-5-2/h7,10,16-17,19-20,23-26,29-30,32-33,35-36,66H,4-6,8-9,11-15,18,21-22,27-28,31,34,37-65H2,1-3H3/b10-7-,19-16-,20-17-,25-23-,26-24-,30-29-,33-32-,36-35-. The van der Waals surface area contributed by atoms with E-state index in [2.05, 4.69) is 118 Å². The van der Waals surface area contributed by atoms with Crippen LogP contribution in [0.1, 0.15) is 303 Å². The number of hydrogen-bond acceptors (Lipinski definition) is 6. The molecule has 0 amide bonds. The molecule has 6 nitrogen and oxygen atoms in total. The van der Waals surface area contributed by atoms with E-state index in [-0.39, 0.29) is 31.1 Å². The third-order valence-electron chi connectivity index (χ3n) is 13.6. The third kappa shape index (κ3) is 61.1. The van der Waals surface area contributed by atoms with Crippen LogP contribution in [0.3, 0.4) is 0 Å². The monoisotopic (exact) mass is 1040 g/mol. The Labute approximate surface area is 464 Å². The summed E-state index contributed by atoms with van der Waals surface area (Å²) in [5, 5.41) is 0. The maximum atomic E-state index is 12.9. The van der Waals surface area contributed by atoms with E-state index >= 15 is 0 Å². The highest BCUT2D eigenvalue weighted by Crippen LogP contribution is 2.16. The fourth-order valence-corrected chi connectivity index (χ4v) is 8.83. The molecule has 0 saturated carbocycles. The zero-order valence-corrected chi connectivity index (χ0v) is 49.3. The second-order valence-corrected chi connectivity index (χ2v) is 20.9. The molecule has 1 atom stereocenters. The highest BCUT2D eigenvalue weighted by Gasteiger charge is 2.19. The number of carbonyl (C=O) groups is 3. The molecule has 6 heteroatoms. The first-order chi connectivity index (χ1) is 37.0. The van der Waals surface area contributed by atoms with Gasteiger partial charge in [-0.1, -0.05) is 279 Å². The summed E-state index contributed by atoms with van der Waals surface area (Å²) in [6, 6.07) is 0. The maximum Gasteiger partial charge on any atom is 0.306 e. The van der Waals surface area contributed by atoms with Crippen molar-refractivity contribution in [1.29, 1.82) is 0 Å². The molecule has 75 heavy (non-hydrogen) atoms. The molecule has 0 saturated heterocycles. The second-order valence-electron chi connectivity index (χ2n) is 20.9. The van der Waals surface area contributed by atoms with Crippen molar-refractivity contribution in [3.05, 3.63) is 97.2 Å². The Hall–Kier alpha value is -3.67. The molecule has 0 spiro atoms. The number of carbonyl (C=O) groups excluding carboxylic acids is 3. The lowest BCUT2D eigenvalue weighted by atomic mass is 10.1. The molecule has 0 bridgehead atoms. The molecule has 0 heterocycles. The van der Waals surface area contributed by atoms with Crippen LogP contribution < -0.4 is 0 Å². The van der Waals surface area contributed by atoms with Gasteiger partial charge in [-0.15, -0.1) is 0 Å². The van der Waals surface area contributed by atoms with Gasteiger partial charge in [0, 0.05) is 19.3 Å². The number of unbranched alkanes of at least 4 members (excludes halogenated alkanes) is 30. The molecule has 0 aromatic heterocycles. The Balaban J connectivity index is 4.21. The second kappa shape index (κ2) is 62.9. The van der Waals surface area contributed by atoms with Gasteiger partial charge in [-0.25, -0.2) is 0 Å². The minimum absolute atomic E-state index is 0.0778. The largest absolute Gasteiger partial charge is 0.462 e. The minimum atomic E-state index is -0.780. The number of allylic oxidation sites excluding steroid dienone is 16. The first kappa shape index (κ1) is 71.3. The molecule has 0 rings (SSSR count). The van der Waals surface area contributed by atoms with Crippen LogP contribution in [0.5, 0.6) is 0 Å². The lowest BCUT2D eigenvalue weighted by Crippen LogP contribution is -2.30. The fraction of sp³-hybridized carbons (Fsp3) is 0.725. The summed E-state index contributed by atoms with van der Waals surface area (Å²) in [5.74, 6) is -0.881. The van der Waals surface area contributed by atoms with E-state index in [1.54, 1.807) is 0 Å². The summed E-state index contributed by atoms with van der Waals surface area (Å²) >= 11 is 0. The van der Waals surface area contributed by atoms with Crippen molar-refractivity contribution >= 4 is 17.9 Å². The quantitative estimate of drug-likeness (QED) is 0.0261. The molecule has 0 radical (unpaired) electrons. The van der Waals surface area contributed by atoms with Crippen LogP contribution in [0.15, 0.2) is 97.2 Å². The summed E-state index contributed by atoms with van der Waals surface area (Å²) in [4.78, 5) is 38.2. The van der Waals surface area contributed by atoms with Crippen molar-refractivity contribution < 1.29 is 28.6 Å². The van der Waals surface area contributed by atoms with E-state index < -0.39 is 6.10 Å². The lowest BCUT2D eigenvalue weighted by Gasteiger charge is -2.18. The number of esters is 3. The Morgan fingerprint density at radius 1 is 0.280 bits per heavy atom. The third-order valence-corrected chi connectivity index (χ3v) is 13.6. The Morgan fingerprint density at radius 3 is 0.840 bits per heavy atom. The van der Waals surface area contributed by atoms with Crippen molar-refractivity contribution in [2.45, 2.75) is 309 Å². The molecule has 1 unspecified atom stereocenters. The molecular formula is C69H118O6. The normalized spacial score (nSPS) is 12.7. The number of hydrogen-bond donors (Lipinski definition) is 0. The van der Waals surface area contributed by atoms with Crippen LogP contribution in [0.4, 0.5) is 0 Å². The van der Waals surface area contributed by atoms with E-state index in [1.807, 2.05) is 0 Å². The maximum absolute atomic E-state index is 12.9. The summed E-state index contributed by atoms with van der Waals surface area (Å²) in [7, 11) is 0. The first-order valence-electron chi connectivity index (χ1n) is 31.7. The van der Waals surface area contributed by atoms with Gasteiger partial charge in [-0.3, -0.25) is 14.4 Å². The van der Waals surface area contributed by atoms with Crippen molar-refractivity contribution in [3.8, 4) is 0 Å².